The third-order valence-electron chi connectivity index (χ3n) is 4.50. The Balaban J connectivity index is 1.91. The Morgan fingerprint density at radius 3 is 2.59 bits per heavy atom. The molecule has 1 N–H and O–H groups in total. The first-order chi connectivity index (χ1) is 14.1. The van der Waals surface area contributed by atoms with Crippen molar-refractivity contribution in [2.45, 2.75) is 0 Å². The van der Waals surface area contributed by atoms with Crippen molar-refractivity contribution in [2.75, 3.05) is 7.11 Å². The van der Waals surface area contributed by atoms with Crippen molar-refractivity contribution in [1.82, 2.24) is 9.55 Å². The maximum Gasteiger partial charge on any atom is 0.266 e. The fraction of sp³-hybridized carbons (Fsp3) is 0.0435. The van der Waals surface area contributed by atoms with Crippen LogP contribution in [0, 0.1) is 0 Å². The van der Waals surface area contributed by atoms with Crippen molar-refractivity contribution in [3.63, 3.8) is 0 Å². The summed E-state index contributed by atoms with van der Waals surface area (Å²) in [5, 5.41) is 10.3. The number of methoxy groups -OCH3 is 1. The maximum absolute atomic E-state index is 13.3. The molecule has 5 nitrogen and oxygen atoms in total. The number of fused-ring (bicyclic) bond motifs is 1. The van der Waals surface area contributed by atoms with Gasteiger partial charge in [0, 0.05) is 4.47 Å². The smallest absolute Gasteiger partial charge is 0.266 e. The Morgan fingerprint density at radius 2 is 1.83 bits per heavy atom. The summed E-state index contributed by atoms with van der Waals surface area (Å²) in [6.45, 7) is 0. The van der Waals surface area contributed by atoms with Gasteiger partial charge in [-0.1, -0.05) is 46.3 Å². The van der Waals surface area contributed by atoms with Crippen LogP contribution in [-0.2, 0) is 0 Å². The third kappa shape index (κ3) is 3.79. The zero-order valence-corrected chi connectivity index (χ0v) is 17.1. The maximum atomic E-state index is 13.3. The van der Waals surface area contributed by atoms with Crippen molar-refractivity contribution in [2.24, 2.45) is 0 Å². The molecule has 0 radical (unpaired) electrons. The molecule has 0 saturated heterocycles. The minimum atomic E-state index is -0.148. The molecule has 6 heteroatoms. The van der Waals surface area contributed by atoms with Gasteiger partial charge < -0.3 is 9.84 Å². The second-order valence-electron chi connectivity index (χ2n) is 6.37. The average Bonchev–Trinajstić information content (AvgIpc) is 2.74. The highest BCUT2D eigenvalue weighted by Gasteiger charge is 2.11. The minimum absolute atomic E-state index is 0.0697. The van der Waals surface area contributed by atoms with Gasteiger partial charge in [0.15, 0.2) is 11.5 Å². The Kier molecular flexibility index (Phi) is 5.18. The third-order valence-corrected chi connectivity index (χ3v) is 4.99. The molecule has 3 aromatic carbocycles. The summed E-state index contributed by atoms with van der Waals surface area (Å²) in [5.41, 5.74) is 2.01. The first kappa shape index (κ1) is 19.0. The van der Waals surface area contributed by atoms with Crippen LogP contribution in [0.3, 0.4) is 0 Å². The number of aromatic hydroxyl groups is 1. The number of aromatic nitrogens is 2. The van der Waals surface area contributed by atoms with Crippen molar-refractivity contribution in [1.29, 1.82) is 0 Å². The summed E-state index contributed by atoms with van der Waals surface area (Å²) in [6, 6.07) is 19.9. The van der Waals surface area contributed by atoms with Crippen molar-refractivity contribution in [3.8, 4) is 17.2 Å². The van der Waals surface area contributed by atoms with Crippen LogP contribution in [0.5, 0.6) is 11.5 Å². The molecular formula is C23H17BrN2O3. The van der Waals surface area contributed by atoms with E-state index >= 15 is 0 Å². The van der Waals surface area contributed by atoms with E-state index in [2.05, 4.69) is 15.9 Å². The molecular weight excluding hydrogens is 432 g/mol. The highest BCUT2D eigenvalue weighted by atomic mass is 79.9. The predicted molar refractivity (Wildman–Crippen MR) is 119 cm³/mol. The van der Waals surface area contributed by atoms with Crippen LogP contribution < -0.4 is 10.3 Å². The highest BCUT2D eigenvalue weighted by Crippen LogP contribution is 2.27. The predicted octanol–water partition coefficient (Wildman–Crippen LogP) is 5.03. The average molecular weight is 449 g/mol. The van der Waals surface area contributed by atoms with Crippen molar-refractivity contribution >= 4 is 39.0 Å². The number of hydrogen-bond donors (Lipinski definition) is 1. The number of para-hydroxylation sites is 1. The van der Waals surface area contributed by atoms with Gasteiger partial charge in [0.05, 0.1) is 23.7 Å². The van der Waals surface area contributed by atoms with Crippen LogP contribution >= 0.6 is 15.9 Å². The largest absolute Gasteiger partial charge is 0.504 e. The van der Waals surface area contributed by atoms with E-state index in [1.54, 1.807) is 34.9 Å². The van der Waals surface area contributed by atoms with Crippen LogP contribution in [0.2, 0.25) is 0 Å². The Hall–Kier alpha value is -3.38. The molecule has 0 spiro atoms. The van der Waals surface area contributed by atoms with Crippen molar-refractivity contribution in [3.05, 3.63) is 92.9 Å². The molecule has 4 aromatic rings. The standard InChI is InChI=1S/C23H17BrN2O3/c1-29-21-13-15(7-11-20(21)27)8-12-22-25-19-10-9-16(24)14-18(19)23(28)26(22)17-5-3-2-4-6-17/h2-14,27H,1H3/b12-8+. The molecule has 0 aliphatic carbocycles. The Bertz CT molecular complexity index is 1280. The zero-order chi connectivity index (χ0) is 20.4. The first-order valence-corrected chi connectivity index (χ1v) is 9.69. The van der Waals surface area contributed by atoms with Gasteiger partial charge in [-0.3, -0.25) is 9.36 Å². The number of ether oxygens (including phenoxy) is 1. The Labute approximate surface area is 175 Å². The topological polar surface area (TPSA) is 64.3 Å². The number of benzene rings is 3. The van der Waals surface area contributed by atoms with Gasteiger partial charge in [0.1, 0.15) is 5.82 Å². The summed E-state index contributed by atoms with van der Waals surface area (Å²) >= 11 is 3.42. The minimum Gasteiger partial charge on any atom is -0.504 e. The van der Waals surface area contributed by atoms with E-state index in [9.17, 15) is 9.90 Å². The molecule has 4 rings (SSSR count). The number of phenolic OH excluding ortho intramolecular Hbond substituents is 1. The van der Waals surface area contributed by atoms with Crippen LogP contribution in [0.15, 0.2) is 76.0 Å². The van der Waals surface area contributed by atoms with E-state index in [-0.39, 0.29) is 11.3 Å². The summed E-state index contributed by atoms with van der Waals surface area (Å²) in [5.74, 6) is 0.951. The summed E-state index contributed by atoms with van der Waals surface area (Å²) in [6.07, 6.45) is 3.61. The van der Waals surface area contributed by atoms with Gasteiger partial charge in [0.2, 0.25) is 0 Å². The molecule has 0 saturated carbocycles. The van der Waals surface area contributed by atoms with Crippen LogP contribution in [0.4, 0.5) is 0 Å². The van der Waals surface area contributed by atoms with Gasteiger partial charge in [0.25, 0.3) is 5.56 Å². The molecule has 0 bridgehead atoms. The molecule has 0 aliphatic heterocycles. The molecule has 1 aromatic heterocycles. The molecule has 29 heavy (non-hydrogen) atoms. The number of phenols is 1. The molecule has 0 fully saturated rings. The first-order valence-electron chi connectivity index (χ1n) is 8.89. The molecule has 144 valence electrons. The molecule has 1 heterocycles. The lowest BCUT2D eigenvalue weighted by atomic mass is 10.1. The molecule has 0 unspecified atom stereocenters. The van der Waals surface area contributed by atoms with E-state index in [0.29, 0.717) is 22.5 Å². The number of hydrogen-bond acceptors (Lipinski definition) is 4. The van der Waals surface area contributed by atoms with Gasteiger partial charge in [-0.25, -0.2) is 4.98 Å². The molecule has 0 amide bonds. The fourth-order valence-electron chi connectivity index (χ4n) is 3.08. The van der Waals surface area contributed by atoms with Crippen LogP contribution in [0.25, 0.3) is 28.7 Å². The molecule has 0 atom stereocenters. The van der Waals surface area contributed by atoms with Crippen LogP contribution in [0.1, 0.15) is 11.4 Å². The zero-order valence-electron chi connectivity index (χ0n) is 15.5. The van der Waals surface area contributed by atoms with Gasteiger partial charge in [-0.15, -0.1) is 0 Å². The SMILES string of the molecule is COc1cc(/C=C/c2nc3ccc(Br)cc3c(=O)n2-c2ccccc2)ccc1O. The van der Waals surface area contributed by atoms with Gasteiger partial charge >= 0.3 is 0 Å². The van der Waals surface area contributed by atoms with Gasteiger partial charge in [-0.05, 0) is 54.1 Å². The van der Waals surface area contributed by atoms with Gasteiger partial charge in [-0.2, -0.15) is 0 Å². The summed E-state index contributed by atoms with van der Waals surface area (Å²) in [4.78, 5) is 18.0. The lowest BCUT2D eigenvalue weighted by Gasteiger charge is -2.11. The summed E-state index contributed by atoms with van der Waals surface area (Å²) < 4.78 is 7.57. The fourth-order valence-corrected chi connectivity index (χ4v) is 3.44. The Morgan fingerprint density at radius 1 is 1.03 bits per heavy atom. The van der Waals surface area contributed by atoms with E-state index in [0.717, 1.165) is 15.7 Å². The number of nitrogens with zero attached hydrogens (tertiary/aromatic N) is 2. The quantitative estimate of drug-likeness (QED) is 0.475. The van der Waals surface area contributed by atoms with E-state index in [1.165, 1.54) is 7.11 Å². The van der Waals surface area contributed by atoms with E-state index in [4.69, 9.17) is 9.72 Å². The number of rotatable bonds is 4. The normalized spacial score (nSPS) is 11.2. The highest BCUT2D eigenvalue weighted by molar-refractivity contribution is 9.10. The number of halogens is 1. The second kappa shape index (κ2) is 7.93. The van der Waals surface area contributed by atoms with Crippen molar-refractivity contribution < 1.29 is 9.84 Å². The lowest BCUT2D eigenvalue weighted by molar-refractivity contribution is 0.373. The lowest BCUT2D eigenvalue weighted by Crippen LogP contribution is -2.22. The summed E-state index contributed by atoms with van der Waals surface area (Å²) in [7, 11) is 1.50. The molecule has 0 aliphatic rings. The second-order valence-corrected chi connectivity index (χ2v) is 7.29. The van der Waals surface area contributed by atoms with E-state index < -0.39 is 0 Å². The van der Waals surface area contributed by atoms with Crippen LogP contribution in [-0.4, -0.2) is 21.8 Å². The van der Waals surface area contributed by atoms with E-state index in [1.807, 2.05) is 48.5 Å². The monoisotopic (exact) mass is 448 g/mol.